The Kier molecular flexibility index (Phi) is 4.36. The maximum atomic E-state index is 12.8. The molecule has 1 unspecified atom stereocenters. The lowest BCUT2D eigenvalue weighted by Gasteiger charge is -2.34. The number of halogens is 3. The Labute approximate surface area is 120 Å². The number of hydrogen-bond acceptors (Lipinski definition) is 4. The first-order chi connectivity index (χ1) is 9.82. The zero-order valence-corrected chi connectivity index (χ0v) is 11.6. The monoisotopic (exact) mass is 302 g/mol. The van der Waals surface area contributed by atoms with Crippen molar-refractivity contribution in [2.45, 2.75) is 25.9 Å². The van der Waals surface area contributed by atoms with Crippen LogP contribution in [0, 0.1) is 12.8 Å². The number of hydrazine groups is 1. The standard InChI is InChI=1S/C13H17F3N4O/c1-8-5-11(19-17)10(6-18-8)12(21)20-4-2-3-9(7-20)13(14,15)16/h5-6,9H,2-4,7,17H2,1H3,(H,18,19). The van der Waals surface area contributed by atoms with Crippen molar-refractivity contribution >= 4 is 11.6 Å². The van der Waals surface area contributed by atoms with Gasteiger partial charge in [-0.3, -0.25) is 15.6 Å². The summed E-state index contributed by atoms with van der Waals surface area (Å²) in [6.07, 6.45) is -2.55. The summed E-state index contributed by atoms with van der Waals surface area (Å²) in [5, 5.41) is 0. The Hall–Kier alpha value is -1.83. The molecule has 1 atom stereocenters. The molecule has 0 bridgehead atoms. The predicted molar refractivity (Wildman–Crippen MR) is 71.5 cm³/mol. The Bertz CT molecular complexity index is 533. The molecule has 0 aliphatic carbocycles. The molecule has 1 amide bonds. The van der Waals surface area contributed by atoms with Gasteiger partial charge < -0.3 is 10.3 Å². The number of alkyl halides is 3. The van der Waals surface area contributed by atoms with E-state index in [-0.39, 0.29) is 18.5 Å². The van der Waals surface area contributed by atoms with Crippen molar-refractivity contribution in [3.05, 3.63) is 23.5 Å². The van der Waals surface area contributed by atoms with Gasteiger partial charge in [0.2, 0.25) is 0 Å². The first kappa shape index (κ1) is 15.6. The maximum Gasteiger partial charge on any atom is 0.393 e. The van der Waals surface area contributed by atoms with E-state index >= 15 is 0 Å². The van der Waals surface area contributed by atoms with E-state index in [1.165, 1.54) is 11.1 Å². The van der Waals surface area contributed by atoms with E-state index in [4.69, 9.17) is 5.84 Å². The Morgan fingerprint density at radius 3 is 2.86 bits per heavy atom. The molecule has 0 spiro atoms. The molecule has 21 heavy (non-hydrogen) atoms. The van der Waals surface area contributed by atoms with Gasteiger partial charge in [0.1, 0.15) is 0 Å². The van der Waals surface area contributed by atoms with Crippen LogP contribution in [0.2, 0.25) is 0 Å². The smallest absolute Gasteiger partial charge is 0.338 e. The molecular weight excluding hydrogens is 285 g/mol. The summed E-state index contributed by atoms with van der Waals surface area (Å²) in [6.45, 7) is 1.72. The van der Waals surface area contributed by atoms with E-state index in [2.05, 4.69) is 10.4 Å². The highest BCUT2D eigenvalue weighted by atomic mass is 19.4. The van der Waals surface area contributed by atoms with Crippen LogP contribution in [-0.2, 0) is 0 Å². The van der Waals surface area contributed by atoms with Gasteiger partial charge in [0.25, 0.3) is 5.91 Å². The molecule has 2 rings (SSSR count). The molecule has 0 radical (unpaired) electrons. The van der Waals surface area contributed by atoms with Crippen molar-refractivity contribution in [3.63, 3.8) is 0 Å². The van der Waals surface area contributed by atoms with Gasteiger partial charge in [-0.15, -0.1) is 0 Å². The Balaban J connectivity index is 2.20. The quantitative estimate of drug-likeness (QED) is 0.648. The van der Waals surface area contributed by atoms with Crippen molar-refractivity contribution in [1.82, 2.24) is 9.88 Å². The minimum atomic E-state index is -4.28. The van der Waals surface area contributed by atoms with Crippen LogP contribution in [0.5, 0.6) is 0 Å². The van der Waals surface area contributed by atoms with Crippen LogP contribution in [-0.4, -0.2) is 35.1 Å². The topological polar surface area (TPSA) is 71.2 Å². The Morgan fingerprint density at radius 2 is 2.24 bits per heavy atom. The van der Waals surface area contributed by atoms with E-state index in [9.17, 15) is 18.0 Å². The van der Waals surface area contributed by atoms with Crippen molar-refractivity contribution in [2.24, 2.45) is 11.8 Å². The first-order valence-corrected chi connectivity index (χ1v) is 6.62. The molecule has 1 fully saturated rings. The molecule has 1 aromatic rings. The van der Waals surface area contributed by atoms with Crippen molar-refractivity contribution in [1.29, 1.82) is 0 Å². The number of anilines is 1. The van der Waals surface area contributed by atoms with E-state index in [1.807, 2.05) is 0 Å². The number of piperidine rings is 1. The van der Waals surface area contributed by atoms with Gasteiger partial charge in [0, 0.05) is 25.0 Å². The number of rotatable bonds is 2. The van der Waals surface area contributed by atoms with Crippen LogP contribution in [0.1, 0.15) is 28.9 Å². The molecule has 1 aromatic heterocycles. The molecular formula is C13H17F3N4O. The molecule has 1 aliphatic heterocycles. The molecule has 2 heterocycles. The third kappa shape index (κ3) is 3.44. The zero-order valence-electron chi connectivity index (χ0n) is 11.6. The SMILES string of the molecule is Cc1cc(NN)c(C(=O)N2CCCC(C(F)(F)F)C2)cn1. The van der Waals surface area contributed by atoms with E-state index in [1.54, 1.807) is 13.0 Å². The van der Waals surface area contributed by atoms with E-state index in [0.29, 0.717) is 24.3 Å². The van der Waals surface area contributed by atoms with Crippen molar-refractivity contribution in [2.75, 3.05) is 18.5 Å². The number of nitrogens with one attached hydrogen (secondary N) is 1. The molecule has 8 heteroatoms. The van der Waals surface area contributed by atoms with Crippen LogP contribution in [0.15, 0.2) is 12.3 Å². The normalized spacial score (nSPS) is 19.5. The molecule has 0 saturated carbocycles. The number of nitrogens with two attached hydrogens (primary N) is 1. The average Bonchev–Trinajstić information content (AvgIpc) is 2.45. The lowest BCUT2D eigenvalue weighted by Crippen LogP contribution is -2.44. The van der Waals surface area contributed by atoms with Crippen LogP contribution < -0.4 is 11.3 Å². The van der Waals surface area contributed by atoms with Gasteiger partial charge in [-0.2, -0.15) is 13.2 Å². The van der Waals surface area contributed by atoms with Crippen molar-refractivity contribution in [3.8, 4) is 0 Å². The highest BCUT2D eigenvalue weighted by Crippen LogP contribution is 2.33. The molecule has 3 N–H and O–H groups in total. The van der Waals surface area contributed by atoms with Crippen LogP contribution in [0.4, 0.5) is 18.9 Å². The van der Waals surface area contributed by atoms with Gasteiger partial charge in [-0.1, -0.05) is 0 Å². The minimum Gasteiger partial charge on any atom is -0.338 e. The van der Waals surface area contributed by atoms with Gasteiger partial charge >= 0.3 is 6.18 Å². The second-order valence-corrected chi connectivity index (χ2v) is 5.15. The maximum absolute atomic E-state index is 12.8. The Morgan fingerprint density at radius 1 is 1.52 bits per heavy atom. The zero-order chi connectivity index (χ0) is 15.6. The van der Waals surface area contributed by atoms with Crippen LogP contribution in [0.3, 0.4) is 0 Å². The second kappa shape index (κ2) is 5.88. The average molecular weight is 302 g/mol. The summed E-state index contributed by atoms with van der Waals surface area (Å²) in [6, 6.07) is 1.58. The first-order valence-electron chi connectivity index (χ1n) is 6.62. The van der Waals surface area contributed by atoms with Crippen LogP contribution in [0.25, 0.3) is 0 Å². The summed E-state index contributed by atoms with van der Waals surface area (Å²) in [7, 11) is 0. The van der Waals surface area contributed by atoms with E-state index in [0.717, 1.165) is 0 Å². The summed E-state index contributed by atoms with van der Waals surface area (Å²) >= 11 is 0. The molecule has 0 aromatic carbocycles. The highest BCUT2D eigenvalue weighted by molar-refractivity contribution is 5.99. The number of carbonyl (C=O) groups is 1. The molecule has 116 valence electrons. The third-order valence-corrected chi connectivity index (χ3v) is 3.60. The summed E-state index contributed by atoms with van der Waals surface area (Å²) in [5.74, 6) is 3.40. The fourth-order valence-corrected chi connectivity index (χ4v) is 2.45. The van der Waals surface area contributed by atoms with E-state index < -0.39 is 18.0 Å². The van der Waals surface area contributed by atoms with Gasteiger partial charge in [0.05, 0.1) is 17.2 Å². The molecule has 5 nitrogen and oxygen atoms in total. The fourth-order valence-electron chi connectivity index (χ4n) is 2.45. The summed E-state index contributed by atoms with van der Waals surface area (Å²) < 4.78 is 38.4. The van der Waals surface area contributed by atoms with Gasteiger partial charge in [-0.25, -0.2) is 0 Å². The van der Waals surface area contributed by atoms with Crippen molar-refractivity contribution < 1.29 is 18.0 Å². The second-order valence-electron chi connectivity index (χ2n) is 5.15. The number of aryl methyl sites for hydroxylation is 1. The highest BCUT2D eigenvalue weighted by Gasteiger charge is 2.42. The minimum absolute atomic E-state index is 0.0570. The number of amides is 1. The number of pyridine rings is 1. The number of likely N-dealkylation sites (tertiary alicyclic amines) is 1. The molecule has 1 aliphatic rings. The number of nitrogens with zero attached hydrogens (tertiary/aromatic N) is 2. The van der Waals surface area contributed by atoms with Gasteiger partial charge in [0.15, 0.2) is 0 Å². The van der Waals surface area contributed by atoms with Gasteiger partial charge in [-0.05, 0) is 25.8 Å². The number of hydrogen-bond donors (Lipinski definition) is 2. The predicted octanol–water partition coefficient (Wildman–Crippen LogP) is 2.09. The summed E-state index contributed by atoms with van der Waals surface area (Å²) in [5.41, 5.74) is 3.60. The third-order valence-electron chi connectivity index (χ3n) is 3.60. The molecule has 1 saturated heterocycles. The fraction of sp³-hybridized carbons (Fsp3) is 0.538. The number of nitrogen functional groups attached to an aromatic ring is 1. The largest absolute Gasteiger partial charge is 0.393 e. The lowest BCUT2D eigenvalue weighted by atomic mass is 9.97. The van der Waals surface area contributed by atoms with Crippen LogP contribution >= 0.6 is 0 Å². The number of aromatic nitrogens is 1. The number of carbonyl (C=O) groups excluding carboxylic acids is 1. The lowest BCUT2D eigenvalue weighted by molar-refractivity contribution is -0.184. The summed E-state index contributed by atoms with van der Waals surface area (Å²) in [4.78, 5) is 17.6.